The van der Waals surface area contributed by atoms with Crippen LogP contribution in [0.2, 0.25) is 0 Å². The van der Waals surface area contributed by atoms with Crippen molar-refractivity contribution in [2.45, 2.75) is 63.6 Å². The van der Waals surface area contributed by atoms with Crippen molar-refractivity contribution < 1.29 is 14.6 Å². The van der Waals surface area contributed by atoms with Crippen LogP contribution in [-0.4, -0.2) is 40.3 Å². The van der Waals surface area contributed by atoms with Crippen LogP contribution < -0.4 is 10.1 Å². The van der Waals surface area contributed by atoms with Gasteiger partial charge in [-0.1, -0.05) is 18.6 Å². The highest BCUT2D eigenvalue weighted by Crippen LogP contribution is 2.43. The number of aliphatic hydroxyl groups is 1. The number of para-hydroxylation sites is 1. The number of carbonyl (C=O) groups excluding carboxylic acids is 1. The van der Waals surface area contributed by atoms with Crippen LogP contribution in [-0.2, 0) is 6.42 Å². The van der Waals surface area contributed by atoms with E-state index in [1.54, 1.807) is 0 Å². The minimum atomic E-state index is -0.559. The Balaban J connectivity index is 1.40. The van der Waals surface area contributed by atoms with Gasteiger partial charge in [0.2, 0.25) is 0 Å². The molecule has 136 valence electrons. The number of nitrogens with one attached hydrogen (secondary N) is 1. The van der Waals surface area contributed by atoms with Gasteiger partial charge in [0, 0.05) is 25.1 Å². The summed E-state index contributed by atoms with van der Waals surface area (Å²) >= 11 is 0. The maximum absolute atomic E-state index is 12.7. The largest absolute Gasteiger partial charge is 0.485 e. The minimum absolute atomic E-state index is 0.0997. The molecule has 4 rings (SSSR count). The second-order valence-electron chi connectivity index (χ2n) is 8.48. The maximum Gasteiger partial charge on any atom is 0.321 e. The quantitative estimate of drug-likeness (QED) is 0.862. The first-order chi connectivity index (χ1) is 11.9. The Morgan fingerprint density at radius 1 is 1.28 bits per heavy atom. The highest BCUT2D eigenvalue weighted by molar-refractivity contribution is 5.91. The summed E-state index contributed by atoms with van der Waals surface area (Å²) in [6, 6.07) is 5.81. The van der Waals surface area contributed by atoms with Crippen LogP contribution in [0.4, 0.5) is 10.5 Å². The van der Waals surface area contributed by atoms with Crippen molar-refractivity contribution in [1.82, 2.24) is 4.90 Å². The Labute approximate surface area is 149 Å². The SMILES string of the molecule is CC1(C)Cc2cccc(NC(=O)N3CCC(O)(C4CCC4)CC3)c2O1. The third kappa shape index (κ3) is 3.10. The number of likely N-dealkylation sites (tertiary alicyclic amines) is 1. The number of urea groups is 1. The first-order valence-electron chi connectivity index (χ1n) is 9.46. The molecule has 1 saturated heterocycles. The molecule has 0 bridgehead atoms. The van der Waals surface area contributed by atoms with E-state index in [9.17, 15) is 9.90 Å². The van der Waals surface area contributed by atoms with E-state index in [1.807, 2.05) is 17.0 Å². The Morgan fingerprint density at radius 2 is 2.00 bits per heavy atom. The first-order valence-corrected chi connectivity index (χ1v) is 9.46. The molecule has 2 amide bonds. The number of benzene rings is 1. The van der Waals surface area contributed by atoms with Crippen molar-refractivity contribution in [2.75, 3.05) is 18.4 Å². The fourth-order valence-electron chi connectivity index (χ4n) is 4.36. The summed E-state index contributed by atoms with van der Waals surface area (Å²) in [4.78, 5) is 14.5. The van der Waals surface area contributed by atoms with E-state index in [1.165, 1.54) is 6.42 Å². The molecule has 5 nitrogen and oxygen atoms in total. The molecule has 1 saturated carbocycles. The topological polar surface area (TPSA) is 61.8 Å². The second-order valence-corrected chi connectivity index (χ2v) is 8.48. The van der Waals surface area contributed by atoms with E-state index in [2.05, 4.69) is 25.2 Å². The zero-order valence-electron chi connectivity index (χ0n) is 15.2. The van der Waals surface area contributed by atoms with Gasteiger partial charge in [-0.05, 0) is 51.5 Å². The average Bonchev–Trinajstić information content (AvgIpc) is 2.81. The van der Waals surface area contributed by atoms with E-state index in [0.29, 0.717) is 31.8 Å². The first kappa shape index (κ1) is 16.7. The third-order valence-electron chi connectivity index (χ3n) is 6.11. The zero-order chi connectivity index (χ0) is 17.7. The Hall–Kier alpha value is -1.75. The minimum Gasteiger partial charge on any atom is -0.485 e. The smallest absolute Gasteiger partial charge is 0.321 e. The van der Waals surface area contributed by atoms with Crippen LogP contribution in [0.1, 0.15) is 51.5 Å². The molecule has 1 aromatic carbocycles. The molecule has 5 heteroatoms. The van der Waals surface area contributed by atoms with E-state index in [0.717, 1.165) is 36.3 Å². The molecule has 0 unspecified atom stereocenters. The number of piperidine rings is 1. The van der Waals surface area contributed by atoms with Crippen LogP contribution in [0.3, 0.4) is 0 Å². The van der Waals surface area contributed by atoms with Gasteiger partial charge in [0.1, 0.15) is 11.4 Å². The summed E-state index contributed by atoms with van der Waals surface area (Å²) in [5, 5.41) is 13.8. The molecule has 1 aliphatic carbocycles. The van der Waals surface area contributed by atoms with E-state index < -0.39 is 5.60 Å². The lowest BCUT2D eigenvalue weighted by atomic mass is 9.69. The van der Waals surface area contributed by atoms with Crippen molar-refractivity contribution >= 4 is 11.7 Å². The zero-order valence-corrected chi connectivity index (χ0v) is 15.2. The van der Waals surface area contributed by atoms with Crippen LogP contribution >= 0.6 is 0 Å². The fourth-order valence-corrected chi connectivity index (χ4v) is 4.36. The highest BCUT2D eigenvalue weighted by Gasteiger charge is 2.43. The standard InChI is InChI=1S/C20H28N2O3/c1-19(2)13-14-5-3-8-16(17(14)25-19)21-18(23)22-11-9-20(24,10-12-22)15-6-4-7-15/h3,5,8,15,24H,4,6-7,9-13H2,1-2H3,(H,21,23). The summed E-state index contributed by atoms with van der Waals surface area (Å²) in [5.74, 6) is 1.23. The van der Waals surface area contributed by atoms with Crippen molar-refractivity contribution in [3.8, 4) is 5.75 Å². The number of ether oxygens (including phenoxy) is 1. The Morgan fingerprint density at radius 3 is 2.64 bits per heavy atom. The molecule has 25 heavy (non-hydrogen) atoms. The summed E-state index contributed by atoms with van der Waals surface area (Å²) in [6.07, 6.45) is 5.71. The Kier molecular flexibility index (Phi) is 3.95. The molecular weight excluding hydrogens is 316 g/mol. The number of fused-ring (bicyclic) bond motifs is 1. The van der Waals surface area contributed by atoms with Gasteiger partial charge in [-0.15, -0.1) is 0 Å². The van der Waals surface area contributed by atoms with Crippen molar-refractivity contribution in [2.24, 2.45) is 5.92 Å². The van der Waals surface area contributed by atoms with Crippen molar-refractivity contribution in [3.05, 3.63) is 23.8 Å². The summed E-state index contributed by atoms with van der Waals surface area (Å²) in [6.45, 7) is 5.34. The monoisotopic (exact) mass is 344 g/mol. The summed E-state index contributed by atoms with van der Waals surface area (Å²) in [5.41, 5.74) is 1.10. The van der Waals surface area contributed by atoms with Crippen LogP contribution in [0.25, 0.3) is 0 Å². The Bertz CT molecular complexity index is 674. The van der Waals surface area contributed by atoms with Gasteiger partial charge < -0.3 is 20.1 Å². The third-order valence-corrected chi connectivity index (χ3v) is 6.11. The van der Waals surface area contributed by atoms with Crippen molar-refractivity contribution in [1.29, 1.82) is 0 Å². The number of hydrogen-bond donors (Lipinski definition) is 2. The molecule has 0 aromatic heterocycles. The molecule has 2 aliphatic heterocycles. The summed E-state index contributed by atoms with van der Waals surface area (Å²) in [7, 11) is 0. The van der Waals surface area contributed by atoms with Crippen LogP contribution in [0, 0.1) is 5.92 Å². The predicted octanol–water partition coefficient (Wildman–Crippen LogP) is 3.56. The highest BCUT2D eigenvalue weighted by atomic mass is 16.5. The summed E-state index contributed by atoms with van der Waals surface area (Å²) < 4.78 is 6.03. The normalized spacial score (nSPS) is 24.2. The van der Waals surface area contributed by atoms with Gasteiger partial charge in [-0.2, -0.15) is 0 Å². The molecule has 0 atom stereocenters. The predicted molar refractivity (Wildman–Crippen MR) is 97.0 cm³/mol. The number of nitrogens with zero attached hydrogens (tertiary/aromatic N) is 1. The molecule has 1 aromatic rings. The molecule has 0 radical (unpaired) electrons. The van der Waals surface area contributed by atoms with Gasteiger partial charge in [0.05, 0.1) is 11.3 Å². The van der Waals surface area contributed by atoms with Gasteiger partial charge in [-0.25, -0.2) is 4.79 Å². The number of hydrogen-bond acceptors (Lipinski definition) is 3. The molecule has 2 heterocycles. The van der Waals surface area contributed by atoms with E-state index in [-0.39, 0.29) is 11.6 Å². The lowest BCUT2D eigenvalue weighted by molar-refractivity contribution is -0.0845. The van der Waals surface area contributed by atoms with Gasteiger partial charge in [0.25, 0.3) is 0 Å². The number of anilines is 1. The van der Waals surface area contributed by atoms with Gasteiger partial charge in [0.15, 0.2) is 0 Å². The average molecular weight is 344 g/mol. The lowest BCUT2D eigenvalue weighted by Gasteiger charge is -2.46. The van der Waals surface area contributed by atoms with E-state index >= 15 is 0 Å². The number of carbonyl (C=O) groups is 1. The van der Waals surface area contributed by atoms with E-state index in [4.69, 9.17) is 4.74 Å². The molecule has 3 aliphatic rings. The molecule has 2 fully saturated rings. The van der Waals surface area contributed by atoms with Crippen molar-refractivity contribution in [3.63, 3.8) is 0 Å². The number of amides is 2. The maximum atomic E-state index is 12.7. The second kappa shape index (κ2) is 5.90. The van der Waals surface area contributed by atoms with Crippen LogP contribution in [0.15, 0.2) is 18.2 Å². The lowest BCUT2D eigenvalue weighted by Crippen LogP contribution is -2.52. The molecule has 0 spiro atoms. The fraction of sp³-hybridized carbons (Fsp3) is 0.650. The van der Waals surface area contributed by atoms with Gasteiger partial charge >= 0.3 is 6.03 Å². The van der Waals surface area contributed by atoms with Gasteiger partial charge in [-0.3, -0.25) is 0 Å². The molecular formula is C20H28N2O3. The van der Waals surface area contributed by atoms with Crippen LogP contribution in [0.5, 0.6) is 5.75 Å². The molecule has 2 N–H and O–H groups in total. The number of rotatable bonds is 2.